The molecule has 3 rings (SSSR count). The lowest BCUT2D eigenvalue weighted by Gasteiger charge is -2.11. The molecule has 8 nitrogen and oxygen atoms in total. The van der Waals surface area contributed by atoms with E-state index in [1.807, 2.05) is 55.8 Å². The Kier molecular flexibility index (Phi) is 9.71. The summed E-state index contributed by atoms with van der Waals surface area (Å²) < 4.78 is 17.7. The molecule has 2 heterocycles. The van der Waals surface area contributed by atoms with Crippen molar-refractivity contribution in [2.45, 2.75) is 52.4 Å². The molecular weight excluding hydrogens is 486 g/mol. The number of benzene rings is 1. The molecule has 1 aromatic carbocycles. The van der Waals surface area contributed by atoms with Gasteiger partial charge in [0.2, 0.25) is 0 Å². The average molecular weight is 522 g/mol. The number of carbonyl (C=O) groups is 2. The molecule has 0 radical (unpaired) electrons. The SMILES string of the molecule is CCCOc1ccc2c(c1)cc(C=C(C)C(=O)c1c(O)cc(C(C)CC/C=C/CC(=O)OC)oc1=O)n2C. The first kappa shape index (κ1) is 28.5. The third-order valence-corrected chi connectivity index (χ3v) is 6.35. The molecule has 0 saturated carbocycles. The fourth-order valence-electron chi connectivity index (χ4n) is 4.10. The maximum Gasteiger partial charge on any atom is 0.351 e. The Morgan fingerprint density at radius 3 is 2.63 bits per heavy atom. The molecule has 1 atom stereocenters. The maximum atomic E-state index is 13.1. The Hall–Kier alpha value is -4.07. The summed E-state index contributed by atoms with van der Waals surface area (Å²) in [5, 5.41) is 11.5. The van der Waals surface area contributed by atoms with Gasteiger partial charge in [0.1, 0.15) is 22.8 Å². The minimum Gasteiger partial charge on any atom is -0.507 e. The van der Waals surface area contributed by atoms with Gasteiger partial charge in [0.25, 0.3) is 0 Å². The number of methoxy groups -OCH3 is 1. The van der Waals surface area contributed by atoms with Crippen molar-refractivity contribution in [1.82, 2.24) is 4.57 Å². The zero-order chi connectivity index (χ0) is 27.8. The van der Waals surface area contributed by atoms with Crippen LogP contribution in [0.2, 0.25) is 0 Å². The summed E-state index contributed by atoms with van der Waals surface area (Å²) >= 11 is 0. The molecule has 0 saturated heterocycles. The summed E-state index contributed by atoms with van der Waals surface area (Å²) in [4.78, 5) is 37.0. The quantitative estimate of drug-likeness (QED) is 0.136. The number of Topliss-reactive ketones (excluding diaryl/α,β-unsaturated/α-hetero) is 1. The fourth-order valence-corrected chi connectivity index (χ4v) is 4.10. The van der Waals surface area contributed by atoms with Crippen LogP contribution >= 0.6 is 0 Å². The predicted molar refractivity (Wildman–Crippen MR) is 147 cm³/mol. The number of nitrogens with zero attached hydrogens (tertiary/aromatic N) is 1. The molecule has 0 aliphatic carbocycles. The van der Waals surface area contributed by atoms with Gasteiger partial charge < -0.3 is 23.6 Å². The van der Waals surface area contributed by atoms with Crippen molar-refractivity contribution in [2.75, 3.05) is 13.7 Å². The second-order valence-corrected chi connectivity index (χ2v) is 9.28. The summed E-state index contributed by atoms with van der Waals surface area (Å²) in [6, 6.07) is 9.10. The number of carbonyl (C=O) groups excluding carboxylic acids is 2. The Morgan fingerprint density at radius 2 is 1.95 bits per heavy atom. The van der Waals surface area contributed by atoms with Crippen LogP contribution < -0.4 is 10.4 Å². The Labute approximate surface area is 222 Å². The van der Waals surface area contributed by atoms with E-state index in [0.29, 0.717) is 25.2 Å². The van der Waals surface area contributed by atoms with Crippen LogP contribution in [-0.4, -0.2) is 35.1 Å². The number of esters is 1. The third kappa shape index (κ3) is 6.82. The number of ketones is 1. The van der Waals surface area contributed by atoms with Crippen LogP contribution in [0.25, 0.3) is 17.0 Å². The molecule has 0 aliphatic heterocycles. The van der Waals surface area contributed by atoms with Crippen LogP contribution in [-0.2, 0) is 16.6 Å². The van der Waals surface area contributed by atoms with E-state index in [2.05, 4.69) is 4.74 Å². The number of aryl methyl sites for hydroxylation is 1. The first-order valence-corrected chi connectivity index (χ1v) is 12.7. The lowest BCUT2D eigenvalue weighted by atomic mass is 9.99. The molecule has 0 spiro atoms. The van der Waals surface area contributed by atoms with Gasteiger partial charge in [-0.15, -0.1) is 0 Å². The van der Waals surface area contributed by atoms with Gasteiger partial charge in [0, 0.05) is 35.6 Å². The molecule has 202 valence electrons. The van der Waals surface area contributed by atoms with E-state index in [1.54, 1.807) is 19.1 Å². The summed E-state index contributed by atoms with van der Waals surface area (Å²) in [5.74, 6) is -0.431. The topological polar surface area (TPSA) is 108 Å². The lowest BCUT2D eigenvalue weighted by molar-refractivity contribution is -0.139. The normalized spacial score (nSPS) is 12.7. The van der Waals surface area contributed by atoms with E-state index in [9.17, 15) is 19.5 Å². The third-order valence-electron chi connectivity index (χ3n) is 6.35. The monoisotopic (exact) mass is 521 g/mol. The van der Waals surface area contributed by atoms with Gasteiger partial charge in [-0.1, -0.05) is 26.0 Å². The minimum absolute atomic E-state index is 0.181. The van der Waals surface area contributed by atoms with Crippen molar-refractivity contribution in [2.24, 2.45) is 7.05 Å². The number of aromatic hydroxyl groups is 1. The van der Waals surface area contributed by atoms with Crippen molar-refractivity contribution in [3.63, 3.8) is 0 Å². The second-order valence-electron chi connectivity index (χ2n) is 9.28. The first-order chi connectivity index (χ1) is 18.2. The van der Waals surface area contributed by atoms with Gasteiger partial charge in [0.05, 0.1) is 20.1 Å². The van der Waals surface area contributed by atoms with Crippen LogP contribution in [0.1, 0.15) is 74.2 Å². The van der Waals surface area contributed by atoms with Gasteiger partial charge in [-0.3, -0.25) is 9.59 Å². The van der Waals surface area contributed by atoms with Crippen molar-refractivity contribution in [3.05, 3.63) is 75.5 Å². The van der Waals surface area contributed by atoms with Gasteiger partial charge in [0.15, 0.2) is 5.78 Å². The summed E-state index contributed by atoms with van der Waals surface area (Å²) in [5.41, 5.74) is 0.772. The van der Waals surface area contributed by atoms with E-state index >= 15 is 0 Å². The molecule has 3 aromatic rings. The van der Waals surface area contributed by atoms with Crippen molar-refractivity contribution in [3.8, 4) is 11.5 Å². The van der Waals surface area contributed by atoms with E-state index in [0.717, 1.165) is 28.8 Å². The molecule has 2 aromatic heterocycles. The molecule has 1 unspecified atom stereocenters. The summed E-state index contributed by atoms with van der Waals surface area (Å²) in [6.07, 6.45) is 7.63. The molecule has 8 heteroatoms. The van der Waals surface area contributed by atoms with Crippen molar-refractivity contribution >= 4 is 28.7 Å². The highest BCUT2D eigenvalue weighted by atomic mass is 16.5. The number of allylic oxidation sites excluding steroid dienone is 2. The summed E-state index contributed by atoms with van der Waals surface area (Å²) in [6.45, 7) is 6.14. The molecule has 0 aliphatic rings. The highest BCUT2D eigenvalue weighted by Crippen LogP contribution is 2.28. The van der Waals surface area contributed by atoms with Crippen LogP contribution in [0.4, 0.5) is 0 Å². The molecule has 38 heavy (non-hydrogen) atoms. The second kappa shape index (κ2) is 12.9. The highest BCUT2D eigenvalue weighted by molar-refractivity contribution is 6.12. The number of aromatic nitrogens is 1. The highest BCUT2D eigenvalue weighted by Gasteiger charge is 2.22. The number of hydrogen-bond acceptors (Lipinski definition) is 7. The van der Waals surface area contributed by atoms with Crippen LogP contribution in [0.15, 0.2) is 57.3 Å². The maximum absolute atomic E-state index is 13.1. The Bertz CT molecular complexity index is 1420. The Morgan fingerprint density at radius 1 is 1.18 bits per heavy atom. The van der Waals surface area contributed by atoms with E-state index < -0.39 is 17.2 Å². The van der Waals surface area contributed by atoms with Crippen molar-refractivity contribution < 1.29 is 28.6 Å². The molecule has 0 fully saturated rings. The van der Waals surface area contributed by atoms with E-state index in [1.165, 1.54) is 13.2 Å². The number of hydrogen-bond donors (Lipinski definition) is 1. The number of rotatable bonds is 12. The molecule has 0 bridgehead atoms. The molecule has 0 amide bonds. The molecule has 1 N–H and O–H groups in total. The number of fused-ring (bicyclic) bond motifs is 1. The van der Waals surface area contributed by atoms with Crippen LogP contribution in [0.3, 0.4) is 0 Å². The lowest BCUT2D eigenvalue weighted by Crippen LogP contribution is -2.16. The first-order valence-electron chi connectivity index (χ1n) is 12.7. The fraction of sp³-hybridized carbons (Fsp3) is 0.367. The van der Waals surface area contributed by atoms with Crippen LogP contribution in [0, 0.1) is 0 Å². The van der Waals surface area contributed by atoms with Crippen molar-refractivity contribution in [1.29, 1.82) is 0 Å². The number of ether oxygens (including phenoxy) is 2. The molecular formula is C30H35NO7. The van der Waals surface area contributed by atoms with Crippen LogP contribution in [0.5, 0.6) is 11.5 Å². The van der Waals surface area contributed by atoms with E-state index in [-0.39, 0.29) is 29.4 Å². The summed E-state index contributed by atoms with van der Waals surface area (Å²) in [7, 11) is 3.23. The largest absolute Gasteiger partial charge is 0.507 e. The van der Waals surface area contributed by atoms with Gasteiger partial charge in [-0.2, -0.15) is 0 Å². The average Bonchev–Trinajstić information content (AvgIpc) is 3.20. The van der Waals surface area contributed by atoms with Gasteiger partial charge >= 0.3 is 11.6 Å². The zero-order valence-electron chi connectivity index (χ0n) is 22.6. The van der Waals surface area contributed by atoms with E-state index in [4.69, 9.17) is 9.15 Å². The predicted octanol–water partition coefficient (Wildman–Crippen LogP) is 5.92. The minimum atomic E-state index is -0.874. The van der Waals surface area contributed by atoms with Gasteiger partial charge in [-0.05, 0) is 62.1 Å². The smallest absolute Gasteiger partial charge is 0.351 e. The van der Waals surface area contributed by atoms with Gasteiger partial charge in [-0.25, -0.2) is 4.79 Å². The Balaban J connectivity index is 1.77. The zero-order valence-corrected chi connectivity index (χ0v) is 22.6. The standard InChI is InChI=1S/C30H35NO7/c1-6-14-37-23-12-13-24-21(17-23)16-22(31(24)4)15-20(3)29(34)28-25(32)18-26(38-30(28)35)19(2)10-8-7-9-11-27(33)36-5/h7,9,12-13,15-19,32H,6,8,10-11,14H2,1-5H3/b9-7+,20-15?.